The van der Waals surface area contributed by atoms with E-state index in [1.165, 1.54) is 16.7 Å². The molecule has 27 heavy (non-hydrogen) atoms. The summed E-state index contributed by atoms with van der Waals surface area (Å²) < 4.78 is 27.0. The van der Waals surface area contributed by atoms with Crippen molar-refractivity contribution in [2.45, 2.75) is 72.6 Å². The van der Waals surface area contributed by atoms with Crippen molar-refractivity contribution in [3.63, 3.8) is 0 Å². The summed E-state index contributed by atoms with van der Waals surface area (Å²) in [5, 5.41) is 0. The average Bonchev–Trinajstić information content (AvgIpc) is 2.51. The molecular formula is C19H36O6P2. The third-order valence-electron chi connectivity index (χ3n) is 4.12. The molecule has 158 valence electrons. The van der Waals surface area contributed by atoms with E-state index in [-0.39, 0.29) is 6.61 Å². The maximum Gasteiger partial charge on any atom is 0.340 e. The first-order valence-electron chi connectivity index (χ1n) is 9.43. The Labute approximate surface area is 164 Å². The van der Waals surface area contributed by atoms with Gasteiger partial charge in [0.1, 0.15) is 0 Å². The molecule has 0 saturated heterocycles. The molecule has 0 aromatic rings. The van der Waals surface area contributed by atoms with E-state index in [1.807, 2.05) is 0 Å². The molecule has 1 atom stereocenters. The Balaban J connectivity index is 4.02. The van der Waals surface area contributed by atoms with Gasteiger partial charge in [0.05, 0.1) is 6.61 Å². The van der Waals surface area contributed by atoms with Gasteiger partial charge in [0.2, 0.25) is 0 Å². The third kappa shape index (κ3) is 17.4. The van der Waals surface area contributed by atoms with Gasteiger partial charge in [-0.25, -0.2) is 0 Å². The second-order valence-corrected chi connectivity index (χ2v) is 11.0. The number of hydrogen-bond acceptors (Lipinski definition) is 3. The lowest BCUT2D eigenvalue weighted by Crippen LogP contribution is -1.97. The molecule has 0 rings (SSSR count). The Morgan fingerprint density at radius 1 is 0.852 bits per heavy atom. The summed E-state index contributed by atoms with van der Waals surface area (Å²) in [4.78, 5) is 26.8. The zero-order valence-electron chi connectivity index (χ0n) is 17.1. The Bertz CT molecular complexity index is 616. The minimum Gasteiger partial charge on any atom is -0.324 e. The van der Waals surface area contributed by atoms with Crippen LogP contribution in [0.5, 0.6) is 0 Å². The van der Waals surface area contributed by atoms with Crippen LogP contribution >= 0.6 is 15.2 Å². The van der Waals surface area contributed by atoms with Crippen LogP contribution in [-0.2, 0) is 13.7 Å². The first-order valence-corrected chi connectivity index (χ1v) is 13.0. The molecule has 6 nitrogen and oxygen atoms in total. The zero-order valence-corrected chi connectivity index (χ0v) is 18.8. The molecule has 0 aliphatic carbocycles. The van der Waals surface area contributed by atoms with Gasteiger partial charge in [-0.05, 0) is 65.7 Å². The highest BCUT2D eigenvalue weighted by Crippen LogP contribution is 2.55. The molecule has 0 saturated carbocycles. The van der Waals surface area contributed by atoms with Crippen LogP contribution in [0.1, 0.15) is 72.6 Å². The fourth-order valence-corrected chi connectivity index (χ4v) is 4.96. The second kappa shape index (κ2) is 13.7. The van der Waals surface area contributed by atoms with E-state index in [0.29, 0.717) is 12.8 Å². The van der Waals surface area contributed by atoms with Crippen molar-refractivity contribution >= 4 is 15.2 Å². The molecule has 0 aliphatic heterocycles. The van der Waals surface area contributed by atoms with E-state index in [4.69, 9.17) is 14.3 Å². The maximum atomic E-state index is 11.5. The Morgan fingerprint density at radius 2 is 1.33 bits per heavy atom. The molecule has 3 N–H and O–H groups in total. The minimum atomic E-state index is -4.55. The van der Waals surface area contributed by atoms with Gasteiger partial charge in [0, 0.05) is 0 Å². The van der Waals surface area contributed by atoms with Gasteiger partial charge in [-0.2, -0.15) is 0 Å². The zero-order chi connectivity index (χ0) is 20.9. The fourth-order valence-electron chi connectivity index (χ4n) is 2.35. The van der Waals surface area contributed by atoms with E-state index >= 15 is 0 Å². The van der Waals surface area contributed by atoms with Crippen LogP contribution in [0.2, 0.25) is 0 Å². The lowest BCUT2D eigenvalue weighted by Gasteiger charge is -2.12. The van der Waals surface area contributed by atoms with Crippen LogP contribution in [-0.4, -0.2) is 27.2 Å². The largest absolute Gasteiger partial charge is 0.340 e. The summed E-state index contributed by atoms with van der Waals surface area (Å²) in [5.41, 5.74) is 4.09. The molecule has 1 unspecified atom stereocenters. The summed E-state index contributed by atoms with van der Waals surface area (Å²) in [6, 6.07) is 0. The van der Waals surface area contributed by atoms with Crippen molar-refractivity contribution in [2.24, 2.45) is 0 Å². The van der Waals surface area contributed by atoms with Gasteiger partial charge in [0.25, 0.3) is 0 Å². The summed E-state index contributed by atoms with van der Waals surface area (Å²) >= 11 is 0. The second-order valence-electron chi connectivity index (χ2n) is 7.00. The third-order valence-corrected chi connectivity index (χ3v) is 7.61. The van der Waals surface area contributed by atoms with Gasteiger partial charge in [-0.15, -0.1) is 0 Å². The smallest absolute Gasteiger partial charge is 0.324 e. The van der Waals surface area contributed by atoms with E-state index < -0.39 is 21.1 Å². The highest BCUT2D eigenvalue weighted by atomic mass is 31.2. The lowest BCUT2D eigenvalue weighted by atomic mass is 10.1. The van der Waals surface area contributed by atoms with E-state index in [9.17, 15) is 14.0 Å². The Hall–Kier alpha value is -0.480. The van der Waals surface area contributed by atoms with Crippen LogP contribution in [0, 0.1) is 0 Å². The summed E-state index contributed by atoms with van der Waals surface area (Å²) in [6.45, 7) is 8.55. The van der Waals surface area contributed by atoms with Crippen LogP contribution in [0.3, 0.4) is 0 Å². The van der Waals surface area contributed by atoms with Crippen LogP contribution < -0.4 is 0 Å². The molecule has 0 aromatic heterocycles. The van der Waals surface area contributed by atoms with Gasteiger partial charge >= 0.3 is 15.2 Å². The predicted molar refractivity (Wildman–Crippen MR) is 112 cm³/mol. The van der Waals surface area contributed by atoms with Crippen LogP contribution in [0.15, 0.2) is 34.9 Å². The summed E-state index contributed by atoms with van der Waals surface area (Å²) in [5.74, 6) is -1.13. The first-order chi connectivity index (χ1) is 12.4. The lowest BCUT2D eigenvalue weighted by molar-refractivity contribution is 0.257. The molecule has 0 fully saturated rings. The topological polar surface area (TPSA) is 104 Å². The number of allylic oxidation sites excluding steroid dienone is 6. The van der Waals surface area contributed by atoms with Crippen molar-refractivity contribution in [1.82, 2.24) is 0 Å². The quantitative estimate of drug-likeness (QED) is 0.183. The van der Waals surface area contributed by atoms with E-state index in [1.54, 1.807) is 0 Å². The number of rotatable bonds is 14. The molecule has 0 heterocycles. The minimum absolute atomic E-state index is 0.00125. The highest BCUT2D eigenvalue weighted by Gasteiger charge is 2.30. The van der Waals surface area contributed by atoms with Gasteiger partial charge in [0.15, 0.2) is 5.90 Å². The molecule has 0 bridgehead atoms. The van der Waals surface area contributed by atoms with Crippen molar-refractivity contribution in [3.05, 3.63) is 34.9 Å². The predicted octanol–water partition coefficient (Wildman–Crippen LogP) is 5.91. The standard InChI is InChI=1S/C19H36O6P2/c1-5-17(2)11-8-12-19(4)14-9-13-18(3)10-6-7-15-25-27(23,24)16-26(20,21)22/h10-11,14H,5-9,12-13,15-16H2,1-4H3,(H,23,24)(H2,20,21,22). The fraction of sp³-hybridized carbons (Fsp3) is 0.684. The molecule has 0 amide bonds. The number of unbranched alkanes of at least 4 members (excludes halogenated alkanes) is 1. The maximum absolute atomic E-state index is 11.5. The highest BCUT2D eigenvalue weighted by molar-refractivity contribution is 7.70. The Kier molecular flexibility index (Phi) is 13.4. The van der Waals surface area contributed by atoms with Crippen molar-refractivity contribution in [2.75, 3.05) is 12.5 Å². The van der Waals surface area contributed by atoms with Gasteiger partial charge in [-0.3, -0.25) is 9.13 Å². The monoisotopic (exact) mass is 422 g/mol. The van der Waals surface area contributed by atoms with Crippen molar-refractivity contribution < 1.29 is 28.3 Å². The normalized spacial score (nSPS) is 16.5. The van der Waals surface area contributed by atoms with Crippen molar-refractivity contribution in [1.29, 1.82) is 0 Å². The van der Waals surface area contributed by atoms with Crippen molar-refractivity contribution in [3.8, 4) is 0 Å². The number of hydrogen-bond donors (Lipinski definition) is 3. The van der Waals surface area contributed by atoms with Gasteiger partial charge in [-0.1, -0.05) is 41.9 Å². The van der Waals surface area contributed by atoms with Crippen LogP contribution in [0.25, 0.3) is 0 Å². The molecule has 0 radical (unpaired) electrons. The Morgan fingerprint density at radius 3 is 1.81 bits per heavy atom. The molecule has 0 spiro atoms. The van der Waals surface area contributed by atoms with Crippen LogP contribution in [0.4, 0.5) is 0 Å². The molecule has 0 aromatic carbocycles. The average molecular weight is 422 g/mol. The first kappa shape index (κ1) is 26.5. The molecular weight excluding hydrogens is 386 g/mol. The van der Waals surface area contributed by atoms with Gasteiger partial charge < -0.3 is 19.2 Å². The molecule has 8 heteroatoms. The van der Waals surface area contributed by atoms with E-state index in [2.05, 4.69) is 45.9 Å². The SMILES string of the molecule is CCC(C)=CCCC(C)=CCCC(C)=CCCCOP(=O)(O)CP(=O)(O)O. The summed E-state index contributed by atoms with van der Waals surface area (Å²) in [6.07, 6.45) is 13.1. The van der Waals surface area contributed by atoms with E-state index in [0.717, 1.165) is 32.1 Å². The summed E-state index contributed by atoms with van der Waals surface area (Å²) in [7, 11) is -8.77. The molecule has 0 aliphatic rings.